The molecule has 0 radical (unpaired) electrons. The van der Waals surface area contributed by atoms with Crippen LogP contribution in [0.5, 0.6) is 0 Å². The number of aliphatic hydroxyl groups is 1. The van der Waals surface area contributed by atoms with Gasteiger partial charge in [0.15, 0.2) is 0 Å². The van der Waals surface area contributed by atoms with Crippen molar-refractivity contribution in [3.8, 4) is 0 Å². The predicted molar refractivity (Wildman–Crippen MR) is 137 cm³/mol. The molecule has 198 valence electrons. The average molecular weight is 509 g/mol. The highest BCUT2D eigenvalue weighted by Crippen LogP contribution is 2.71. The number of rotatable bonds is 4. The van der Waals surface area contributed by atoms with Gasteiger partial charge < -0.3 is 14.6 Å². The van der Waals surface area contributed by atoms with E-state index >= 15 is 0 Å². The fourth-order valence-electron chi connectivity index (χ4n) is 9.29. The topological polar surface area (TPSA) is 84.4 Å². The number of nitrogens with zero attached hydrogens (tertiary/aromatic N) is 1. The van der Waals surface area contributed by atoms with Gasteiger partial charge in [-0.1, -0.05) is 38.5 Å². The largest absolute Gasteiger partial charge is 0.452 e. The molecule has 0 saturated heterocycles. The van der Waals surface area contributed by atoms with Crippen molar-refractivity contribution in [2.75, 3.05) is 13.7 Å². The van der Waals surface area contributed by atoms with Gasteiger partial charge in [0.2, 0.25) is 0 Å². The summed E-state index contributed by atoms with van der Waals surface area (Å²) < 4.78 is 25.4. The average Bonchev–Trinajstić information content (AvgIpc) is 3.40. The number of nitrogens with one attached hydrogen (secondary N) is 1. The van der Waals surface area contributed by atoms with Crippen molar-refractivity contribution in [2.45, 2.75) is 64.6 Å². The van der Waals surface area contributed by atoms with Gasteiger partial charge in [-0.15, -0.1) is 0 Å². The van der Waals surface area contributed by atoms with Gasteiger partial charge in [0.05, 0.1) is 18.0 Å². The quantitative estimate of drug-likeness (QED) is 0.566. The van der Waals surface area contributed by atoms with Crippen molar-refractivity contribution in [1.82, 2.24) is 10.2 Å². The van der Waals surface area contributed by atoms with Gasteiger partial charge in [-0.05, 0) is 90.5 Å². The molecule has 1 aromatic heterocycles. The van der Waals surface area contributed by atoms with Crippen LogP contribution in [0.15, 0.2) is 36.0 Å². The zero-order valence-electron chi connectivity index (χ0n) is 22.1. The molecule has 0 spiro atoms. The summed E-state index contributed by atoms with van der Waals surface area (Å²) >= 11 is 0. The van der Waals surface area contributed by atoms with Crippen LogP contribution in [0, 0.1) is 40.3 Å². The molecule has 0 amide bonds. The summed E-state index contributed by atoms with van der Waals surface area (Å²) in [5.74, 6) is 0.258. The summed E-state index contributed by atoms with van der Waals surface area (Å²) in [7, 11) is 1.48. The van der Waals surface area contributed by atoms with Crippen LogP contribution >= 0.6 is 0 Å². The van der Waals surface area contributed by atoms with Gasteiger partial charge in [-0.2, -0.15) is 5.10 Å². The number of hydrogen-bond donors (Lipinski definition) is 2. The van der Waals surface area contributed by atoms with Crippen LogP contribution in [0.2, 0.25) is 0 Å². The fourth-order valence-corrected chi connectivity index (χ4v) is 9.29. The van der Waals surface area contributed by atoms with Gasteiger partial charge in [0.1, 0.15) is 18.0 Å². The van der Waals surface area contributed by atoms with Gasteiger partial charge >= 0.3 is 5.97 Å². The number of methoxy groups -OCH3 is 1. The van der Waals surface area contributed by atoms with E-state index in [1.165, 1.54) is 30.4 Å². The standard InChI is InChI=1S/C30H37FN2O4/c1-17-11-21-22-9-10-30(37-26(35)16-36-4,19-5-7-20(31)8-6-19)29(22,3)14-25(34)27(21)28(2)13-18-15-32-33-24(18)12-23(17)28/h5-8,12,15,17,21-22,25,27,34H,9-11,13-14,16H2,1-4H3,(H,32,33). The Morgan fingerprint density at radius 2 is 2.03 bits per heavy atom. The van der Waals surface area contributed by atoms with E-state index in [1.54, 1.807) is 12.1 Å². The minimum atomic E-state index is -0.947. The van der Waals surface area contributed by atoms with Crippen molar-refractivity contribution in [1.29, 1.82) is 0 Å². The third kappa shape index (κ3) is 3.42. The first-order valence-corrected chi connectivity index (χ1v) is 13.5. The Morgan fingerprint density at radius 3 is 2.76 bits per heavy atom. The minimum Gasteiger partial charge on any atom is -0.452 e. The summed E-state index contributed by atoms with van der Waals surface area (Å²) in [5.41, 5.74) is 2.90. The van der Waals surface area contributed by atoms with Crippen molar-refractivity contribution < 1.29 is 23.8 Å². The van der Waals surface area contributed by atoms with E-state index < -0.39 is 23.1 Å². The molecule has 8 unspecified atom stereocenters. The Hall–Kier alpha value is -2.51. The Morgan fingerprint density at radius 1 is 1.27 bits per heavy atom. The summed E-state index contributed by atoms with van der Waals surface area (Å²) in [6.45, 7) is 6.67. The number of benzene rings is 1. The number of aromatic nitrogens is 2. The zero-order valence-corrected chi connectivity index (χ0v) is 22.1. The van der Waals surface area contributed by atoms with Crippen molar-refractivity contribution >= 4 is 12.0 Å². The molecule has 6 nitrogen and oxygen atoms in total. The Labute approximate surface area is 217 Å². The molecule has 0 bridgehead atoms. The van der Waals surface area contributed by atoms with E-state index in [2.05, 4.69) is 37.0 Å². The predicted octanol–water partition coefficient (Wildman–Crippen LogP) is 5.03. The van der Waals surface area contributed by atoms with Crippen LogP contribution in [0.1, 0.15) is 63.3 Å². The van der Waals surface area contributed by atoms with Crippen LogP contribution < -0.4 is 0 Å². The van der Waals surface area contributed by atoms with E-state index in [0.717, 1.165) is 30.5 Å². The third-order valence-corrected chi connectivity index (χ3v) is 10.6. The lowest BCUT2D eigenvalue weighted by molar-refractivity contribution is -0.206. The van der Waals surface area contributed by atoms with Crippen molar-refractivity contribution in [3.05, 3.63) is 58.7 Å². The summed E-state index contributed by atoms with van der Waals surface area (Å²) in [6.07, 6.45) is 7.54. The maximum Gasteiger partial charge on any atom is 0.332 e. The second-order valence-corrected chi connectivity index (χ2v) is 12.4. The number of allylic oxidation sites excluding steroid dienone is 1. The second kappa shape index (κ2) is 8.50. The number of hydrogen-bond acceptors (Lipinski definition) is 5. The Bertz CT molecular complexity index is 1240. The van der Waals surface area contributed by atoms with Crippen LogP contribution in [0.4, 0.5) is 4.39 Å². The highest BCUT2D eigenvalue weighted by Gasteiger charge is 2.69. The highest BCUT2D eigenvalue weighted by atomic mass is 19.1. The number of H-pyrrole nitrogens is 1. The number of halogens is 1. The van der Waals surface area contributed by atoms with Crippen LogP contribution in [0.3, 0.4) is 0 Å². The smallest absolute Gasteiger partial charge is 0.332 e. The fraction of sp³-hybridized carbons (Fsp3) is 0.600. The van der Waals surface area contributed by atoms with Gasteiger partial charge in [-0.3, -0.25) is 5.10 Å². The van der Waals surface area contributed by atoms with Gasteiger partial charge in [0, 0.05) is 12.5 Å². The normalized spacial score (nSPS) is 40.2. The molecule has 8 atom stereocenters. The summed E-state index contributed by atoms with van der Waals surface area (Å²) in [5, 5.41) is 19.4. The number of ether oxygens (including phenoxy) is 2. The molecule has 6 rings (SSSR count). The zero-order chi connectivity index (χ0) is 26.2. The van der Waals surface area contributed by atoms with Gasteiger partial charge in [0.25, 0.3) is 0 Å². The number of fused-ring (bicyclic) bond motifs is 6. The Balaban J connectivity index is 1.43. The second-order valence-electron chi connectivity index (χ2n) is 12.4. The lowest BCUT2D eigenvalue weighted by atomic mass is 9.44. The van der Waals surface area contributed by atoms with Crippen molar-refractivity contribution in [3.63, 3.8) is 0 Å². The molecule has 2 N–H and O–H groups in total. The summed E-state index contributed by atoms with van der Waals surface area (Å²) in [6, 6.07) is 6.36. The number of aromatic amines is 1. The first-order chi connectivity index (χ1) is 17.6. The molecule has 1 aromatic carbocycles. The minimum absolute atomic E-state index is 0.106. The van der Waals surface area contributed by atoms with Crippen LogP contribution in [-0.4, -0.2) is 41.1 Å². The number of carbonyl (C=O) groups excluding carboxylic acids is 1. The molecule has 2 aromatic rings. The van der Waals surface area contributed by atoms with Crippen LogP contribution in [0.25, 0.3) is 6.08 Å². The maximum absolute atomic E-state index is 13.9. The highest BCUT2D eigenvalue weighted by molar-refractivity contribution is 5.71. The maximum atomic E-state index is 13.9. The molecule has 4 aliphatic rings. The number of aliphatic hydroxyl groups excluding tert-OH is 1. The molecule has 37 heavy (non-hydrogen) atoms. The van der Waals surface area contributed by atoms with E-state index in [0.29, 0.717) is 18.8 Å². The molecular weight excluding hydrogens is 471 g/mol. The lowest BCUT2D eigenvalue weighted by Crippen LogP contribution is -2.61. The Kier molecular flexibility index (Phi) is 5.70. The first-order valence-electron chi connectivity index (χ1n) is 13.5. The van der Waals surface area contributed by atoms with E-state index in [-0.39, 0.29) is 35.6 Å². The molecule has 4 aliphatic carbocycles. The first kappa shape index (κ1) is 24.8. The SMILES string of the molecule is COCC(=O)OC1(c2ccc(F)cc2)CCC2C3CC(C)C4=Cc5[nH]ncc5CC4(C)C3C(O)CC21C. The van der Waals surface area contributed by atoms with Gasteiger partial charge in [-0.25, -0.2) is 9.18 Å². The molecular formula is C30H37FN2O4. The molecule has 3 fully saturated rings. The summed E-state index contributed by atoms with van der Waals surface area (Å²) in [4.78, 5) is 12.9. The monoisotopic (exact) mass is 508 g/mol. The van der Waals surface area contributed by atoms with E-state index in [1.807, 2.05) is 6.20 Å². The number of carbonyl (C=O) groups is 1. The molecule has 3 saturated carbocycles. The van der Waals surface area contributed by atoms with E-state index in [4.69, 9.17) is 9.47 Å². The third-order valence-electron chi connectivity index (χ3n) is 10.6. The van der Waals surface area contributed by atoms with Crippen LogP contribution in [-0.2, 0) is 26.3 Å². The molecule has 7 heteroatoms. The lowest BCUT2D eigenvalue weighted by Gasteiger charge is -2.62. The number of esters is 1. The molecule has 0 aliphatic heterocycles. The van der Waals surface area contributed by atoms with E-state index in [9.17, 15) is 14.3 Å². The molecule has 1 heterocycles. The van der Waals surface area contributed by atoms with Crippen molar-refractivity contribution in [2.24, 2.45) is 34.5 Å².